The van der Waals surface area contributed by atoms with Crippen LogP contribution in [0.3, 0.4) is 0 Å². The smallest absolute Gasteiger partial charge is 0.220 e. The van der Waals surface area contributed by atoms with Crippen LogP contribution in [0.15, 0.2) is 6.08 Å². The number of anilines is 1. The van der Waals surface area contributed by atoms with Gasteiger partial charge in [-0.15, -0.1) is 0 Å². The van der Waals surface area contributed by atoms with Crippen molar-refractivity contribution < 1.29 is 0 Å². The molecule has 3 nitrogen and oxygen atoms in total. The molecule has 3 heteroatoms. The molecule has 0 aromatic carbocycles. The minimum absolute atomic E-state index is 0.373. The van der Waals surface area contributed by atoms with E-state index in [2.05, 4.69) is 16.0 Å². The summed E-state index contributed by atoms with van der Waals surface area (Å²) in [6.07, 6.45) is 6.26. The van der Waals surface area contributed by atoms with E-state index in [1.165, 1.54) is 5.56 Å². The average molecular weight is 161 g/mol. The number of aromatic nitrogens is 2. The Hall–Kier alpha value is -1.38. The first-order chi connectivity index (χ1) is 5.77. The SMILES string of the molecule is Cc1nc(N)nc2c1CCC=C2. The fourth-order valence-electron chi connectivity index (χ4n) is 1.51. The number of allylic oxidation sites excluding steroid dienone is 1. The molecule has 1 aliphatic carbocycles. The molecule has 62 valence electrons. The van der Waals surface area contributed by atoms with Crippen LogP contribution >= 0.6 is 0 Å². The highest BCUT2D eigenvalue weighted by Crippen LogP contribution is 2.19. The maximum Gasteiger partial charge on any atom is 0.220 e. The second kappa shape index (κ2) is 2.59. The average Bonchev–Trinajstić information content (AvgIpc) is 2.04. The van der Waals surface area contributed by atoms with Crippen molar-refractivity contribution in [3.05, 3.63) is 23.0 Å². The van der Waals surface area contributed by atoms with Gasteiger partial charge in [0.1, 0.15) is 0 Å². The molecule has 2 rings (SSSR count). The van der Waals surface area contributed by atoms with Crippen molar-refractivity contribution in [1.29, 1.82) is 0 Å². The van der Waals surface area contributed by atoms with E-state index in [9.17, 15) is 0 Å². The molecule has 0 unspecified atom stereocenters. The topological polar surface area (TPSA) is 51.8 Å². The number of hydrogen-bond donors (Lipinski definition) is 1. The molecule has 0 saturated heterocycles. The second-order valence-electron chi connectivity index (χ2n) is 2.97. The molecule has 0 spiro atoms. The van der Waals surface area contributed by atoms with E-state index < -0.39 is 0 Å². The van der Waals surface area contributed by atoms with Gasteiger partial charge in [0.25, 0.3) is 0 Å². The predicted octanol–water partition coefficient (Wildman–Crippen LogP) is 1.33. The van der Waals surface area contributed by atoms with Gasteiger partial charge in [-0.25, -0.2) is 9.97 Å². The number of fused-ring (bicyclic) bond motifs is 1. The standard InChI is InChI=1S/C9H11N3/c1-6-7-4-2-3-5-8(7)12-9(10)11-6/h3,5H,2,4H2,1H3,(H2,10,11,12). The number of aryl methyl sites for hydroxylation is 1. The molecular formula is C9H11N3. The van der Waals surface area contributed by atoms with Crippen molar-refractivity contribution in [2.75, 3.05) is 5.73 Å². The maximum absolute atomic E-state index is 5.53. The summed E-state index contributed by atoms with van der Waals surface area (Å²) < 4.78 is 0. The molecule has 1 heterocycles. The molecule has 1 aromatic heterocycles. The van der Waals surface area contributed by atoms with Crippen molar-refractivity contribution in [3.63, 3.8) is 0 Å². The Morgan fingerprint density at radius 1 is 1.42 bits per heavy atom. The van der Waals surface area contributed by atoms with Crippen LogP contribution in [0.25, 0.3) is 6.08 Å². The Bertz CT molecular complexity index is 342. The third-order valence-electron chi connectivity index (χ3n) is 2.10. The zero-order chi connectivity index (χ0) is 8.55. The summed E-state index contributed by atoms with van der Waals surface area (Å²) in [5.41, 5.74) is 8.78. The van der Waals surface area contributed by atoms with Crippen molar-refractivity contribution in [1.82, 2.24) is 9.97 Å². The summed E-state index contributed by atoms with van der Waals surface area (Å²) in [5.74, 6) is 0.373. The Labute approximate surface area is 71.3 Å². The summed E-state index contributed by atoms with van der Waals surface area (Å²) in [4.78, 5) is 8.27. The zero-order valence-electron chi connectivity index (χ0n) is 7.04. The van der Waals surface area contributed by atoms with Gasteiger partial charge in [0.15, 0.2) is 0 Å². The van der Waals surface area contributed by atoms with E-state index in [-0.39, 0.29) is 0 Å². The van der Waals surface area contributed by atoms with Gasteiger partial charge >= 0.3 is 0 Å². The first kappa shape index (κ1) is 7.28. The van der Waals surface area contributed by atoms with Crippen molar-refractivity contribution in [2.45, 2.75) is 19.8 Å². The number of nitrogens with zero attached hydrogens (tertiary/aromatic N) is 2. The first-order valence-electron chi connectivity index (χ1n) is 4.07. The van der Waals surface area contributed by atoms with Gasteiger partial charge in [0.05, 0.1) is 5.69 Å². The van der Waals surface area contributed by atoms with Crippen LogP contribution in [0.5, 0.6) is 0 Å². The Morgan fingerprint density at radius 2 is 2.25 bits per heavy atom. The minimum atomic E-state index is 0.373. The summed E-state index contributed by atoms with van der Waals surface area (Å²) in [6, 6.07) is 0. The maximum atomic E-state index is 5.53. The van der Waals surface area contributed by atoms with Crippen molar-refractivity contribution >= 4 is 12.0 Å². The normalized spacial score (nSPS) is 14.4. The molecule has 2 N–H and O–H groups in total. The molecular weight excluding hydrogens is 150 g/mol. The number of nitrogens with two attached hydrogens (primary N) is 1. The van der Waals surface area contributed by atoms with Gasteiger partial charge in [-0.2, -0.15) is 0 Å². The highest BCUT2D eigenvalue weighted by atomic mass is 15.0. The van der Waals surface area contributed by atoms with Crippen LogP contribution in [0, 0.1) is 6.92 Å². The molecule has 0 saturated carbocycles. The molecule has 0 aliphatic heterocycles. The highest BCUT2D eigenvalue weighted by Gasteiger charge is 2.10. The van der Waals surface area contributed by atoms with E-state index in [0.29, 0.717) is 5.95 Å². The van der Waals surface area contributed by atoms with Gasteiger partial charge in [-0.05, 0) is 31.4 Å². The third kappa shape index (κ3) is 1.07. The van der Waals surface area contributed by atoms with Gasteiger partial charge in [0, 0.05) is 5.69 Å². The van der Waals surface area contributed by atoms with E-state index in [1.807, 2.05) is 13.0 Å². The number of rotatable bonds is 0. The molecule has 0 fully saturated rings. The monoisotopic (exact) mass is 161 g/mol. The third-order valence-corrected chi connectivity index (χ3v) is 2.10. The van der Waals surface area contributed by atoms with Crippen molar-refractivity contribution in [3.8, 4) is 0 Å². The molecule has 0 bridgehead atoms. The lowest BCUT2D eigenvalue weighted by atomic mass is 10.0. The van der Waals surface area contributed by atoms with E-state index in [0.717, 1.165) is 24.2 Å². The molecule has 12 heavy (non-hydrogen) atoms. The van der Waals surface area contributed by atoms with E-state index in [4.69, 9.17) is 5.73 Å². The lowest BCUT2D eigenvalue weighted by Gasteiger charge is -2.11. The van der Waals surface area contributed by atoms with Crippen LogP contribution in [0.1, 0.15) is 23.4 Å². The second-order valence-corrected chi connectivity index (χ2v) is 2.97. The quantitative estimate of drug-likeness (QED) is 0.624. The van der Waals surface area contributed by atoms with Gasteiger partial charge in [-0.1, -0.05) is 6.08 Å². The van der Waals surface area contributed by atoms with Crippen LogP contribution < -0.4 is 5.73 Å². The van der Waals surface area contributed by atoms with E-state index >= 15 is 0 Å². The zero-order valence-corrected chi connectivity index (χ0v) is 7.04. The Morgan fingerprint density at radius 3 is 3.08 bits per heavy atom. The number of nitrogen functional groups attached to an aromatic ring is 1. The highest BCUT2D eigenvalue weighted by molar-refractivity contribution is 5.54. The molecule has 0 radical (unpaired) electrons. The summed E-state index contributed by atoms with van der Waals surface area (Å²) in [6.45, 7) is 1.98. The Balaban J connectivity index is 2.62. The lowest BCUT2D eigenvalue weighted by molar-refractivity contribution is 0.918. The number of hydrogen-bond acceptors (Lipinski definition) is 3. The fourth-order valence-corrected chi connectivity index (χ4v) is 1.51. The predicted molar refractivity (Wildman–Crippen MR) is 48.5 cm³/mol. The molecule has 0 amide bonds. The van der Waals surface area contributed by atoms with Crippen LogP contribution in [0.2, 0.25) is 0 Å². The van der Waals surface area contributed by atoms with Crippen LogP contribution in [-0.4, -0.2) is 9.97 Å². The molecule has 0 atom stereocenters. The largest absolute Gasteiger partial charge is 0.368 e. The van der Waals surface area contributed by atoms with Gasteiger partial charge < -0.3 is 5.73 Å². The van der Waals surface area contributed by atoms with Crippen LogP contribution in [-0.2, 0) is 6.42 Å². The van der Waals surface area contributed by atoms with Gasteiger partial charge in [0.2, 0.25) is 5.95 Å². The fraction of sp³-hybridized carbons (Fsp3) is 0.333. The first-order valence-corrected chi connectivity index (χ1v) is 4.07. The van der Waals surface area contributed by atoms with Gasteiger partial charge in [-0.3, -0.25) is 0 Å². The molecule has 1 aromatic rings. The van der Waals surface area contributed by atoms with Crippen LogP contribution in [0.4, 0.5) is 5.95 Å². The van der Waals surface area contributed by atoms with Crippen molar-refractivity contribution in [2.24, 2.45) is 0 Å². The van der Waals surface area contributed by atoms with E-state index in [1.54, 1.807) is 0 Å². The summed E-state index contributed by atoms with van der Waals surface area (Å²) in [5, 5.41) is 0. The minimum Gasteiger partial charge on any atom is -0.368 e. The lowest BCUT2D eigenvalue weighted by Crippen LogP contribution is -2.06. The molecule has 1 aliphatic rings. The summed E-state index contributed by atoms with van der Waals surface area (Å²) in [7, 11) is 0. The Kier molecular flexibility index (Phi) is 1.57. The summed E-state index contributed by atoms with van der Waals surface area (Å²) >= 11 is 0.